The fraction of sp³-hybridized carbons (Fsp3) is 1.00. The molecule has 0 amide bonds. The smallest absolute Gasteiger partial charge is 0.0898 e. The van der Waals surface area contributed by atoms with E-state index in [9.17, 15) is 5.11 Å². The van der Waals surface area contributed by atoms with Crippen LogP contribution in [0.15, 0.2) is 0 Å². The van der Waals surface area contributed by atoms with Crippen molar-refractivity contribution in [3.63, 3.8) is 0 Å². The highest BCUT2D eigenvalue weighted by Gasteiger charge is 2.38. The fourth-order valence-corrected chi connectivity index (χ4v) is 2.47. The van der Waals surface area contributed by atoms with Gasteiger partial charge in [0.2, 0.25) is 0 Å². The first kappa shape index (κ1) is 10.4. The van der Waals surface area contributed by atoms with Crippen molar-refractivity contribution in [2.24, 2.45) is 0 Å². The van der Waals surface area contributed by atoms with Crippen molar-refractivity contribution in [3.8, 4) is 0 Å². The zero-order valence-electron chi connectivity index (χ0n) is 8.83. The number of ether oxygens (including phenoxy) is 1. The van der Waals surface area contributed by atoms with Crippen LogP contribution in [0.3, 0.4) is 0 Å². The minimum absolute atomic E-state index is 0.299. The van der Waals surface area contributed by atoms with Crippen LogP contribution in [0.5, 0.6) is 0 Å². The van der Waals surface area contributed by atoms with Crippen LogP contribution in [-0.2, 0) is 4.74 Å². The molecular formula is C10H20N2O2. The van der Waals surface area contributed by atoms with E-state index in [4.69, 9.17) is 4.74 Å². The Balaban J connectivity index is 1.99. The molecule has 2 heterocycles. The Labute approximate surface area is 85.2 Å². The molecule has 2 aliphatic rings. The Morgan fingerprint density at radius 3 is 2.79 bits per heavy atom. The Morgan fingerprint density at radius 2 is 2.14 bits per heavy atom. The average molecular weight is 200 g/mol. The topological polar surface area (TPSA) is 44.7 Å². The van der Waals surface area contributed by atoms with Crippen LogP contribution in [0.1, 0.15) is 13.3 Å². The zero-order chi connectivity index (χ0) is 10.0. The highest BCUT2D eigenvalue weighted by atomic mass is 16.5. The maximum Gasteiger partial charge on any atom is 0.0898 e. The van der Waals surface area contributed by atoms with Gasteiger partial charge in [0, 0.05) is 25.7 Å². The molecule has 2 saturated heterocycles. The Bertz CT molecular complexity index is 191. The summed E-state index contributed by atoms with van der Waals surface area (Å²) < 4.78 is 5.32. The summed E-state index contributed by atoms with van der Waals surface area (Å²) in [7, 11) is 0. The Kier molecular flexibility index (Phi) is 3.07. The minimum Gasteiger partial charge on any atom is -0.387 e. The molecule has 4 nitrogen and oxygen atoms in total. The summed E-state index contributed by atoms with van der Waals surface area (Å²) >= 11 is 0. The van der Waals surface area contributed by atoms with Gasteiger partial charge >= 0.3 is 0 Å². The molecule has 0 radical (unpaired) electrons. The lowest BCUT2D eigenvalue weighted by molar-refractivity contribution is -0.0791. The molecule has 0 spiro atoms. The van der Waals surface area contributed by atoms with Crippen LogP contribution >= 0.6 is 0 Å². The highest BCUT2D eigenvalue weighted by molar-refractivity contribution is 4.95. The summed E-state index contributed by atoms with van der Waals surface area (Å²) in [6.07, 6.45) is 1.03. The first-order chi connectivity index (χ1) is 6.70. The predicted molar refractivity (Wildman–Crippen MR) is 54.3 cm³/mol. The Hall–Kier alpha value is -0.160. The van der Waals surface area contributed by atoms with Crippen LogP contribution in [-0.4, -0.2) is 61.0 Å². The monoisotopic (exact) mass is 200 g/mol. The number of hydrogen-bond donors (Lipinski definition) is 2. The lowest BCUT2D eigenvalue weighted by atomic mass is 9.89. The van der Waals surface area contributed by atoms with E-state index in [0.29, 0.717) is 12.6 Å². The van der Waals surface area contributed by atoms with Crippen molar-refractivity contribution >= 4 is 0 Å². The molecule has 2 aliphatic heterocycles. The summed E-state index contributed by atoms with van der Waals surface area (Å²) in [6.45, 7) is 7.17. The standard InChI is InChI=1S/C10H20N2O2/c1-10(13)8-11-3-2-9(10)12-4-6-14-7-5-12/h9,11,13H,2-8H2,1H3. The molecule has 0 aromatic carbocycles. The molecule has 2 unspecified atom stereocenters. The summed E-state index contributed by atoms with van der Waals surface area (Å²) in [5, 5.41) is 13.5. The number of aliphatic hydroxyl groups is 1. The van der Waals surface area contributed by atoms with Gasteiger partial charge in [0.25, 0.3) is 0 Å². The molecule has 14 heavy (non-hydrogen) atoms. The fourth-order valence-electron chi connectivity index (χ4n) is 2.47. The third-order valence-electron chi connectivity index (χ3n) is 3.28. The minimum atomic E-state index is -0.588. The lowest BCUT2D eigenvalue weighted by Gasteiger charge is -2.45. The van der Waals surface area contributed by atoms with Gasteiger partial charge in [-0.05, 0) is 19.9 Å². The highest BCUT2D eigenvalue weighted by Crippen LogP contribution is 2.22. The number of morpholine rings is 1. The number of β-amino-alcohol motifs (C(OH)–C–C–N with tert-alkyl or cyclic N) is 1. The van der Waals surface area contributed by atoms with Gasteiger partial charge in [-0.3, -0.25) is 4.90 Å². The van der Waals surface area contributed by atoms with Crippen molar-refractivity contribution in [1.82, 2.24) is 10.2 Å². The first-order valence-electron chi connectivity index (χ1n) is 5.45. The van der Waals surface area contributed by atoms with Crippen molar-refractivity contribution in [2.75, 3.05) is 39.4 Å². The van der Waals surface area contributed by atoms with Crippen LogP contribution in [0.2, 0.25) is 0 Å². The average Bonchev–Trinajstić information content (AvgIpc) is 2.18. The van der Waals surface area contributed by atoms with Gasteiger partial charge in [0.05, 0.1) is 18.8 Å². The molecule has 0 aliphatic carbocycles. The normalized spacial score (nSPS) is 41.1. The Morgan fingerprint density at radius 1 is 1.43 bits per heavy atom. The van der Waals surface area contributed by atoms with E-state index in [1.807, 2.05) is 6.92 Å². The van der Waals surface area contributed by atoms with Gasteiger partial charge in [0.15, 0.2) is 0 Å². The van der Waals surface area contributed by atoms with Crippen molar-refractivity contribution in [1.29, 1.82) is 0 Å². The second-order valence-corrected chi connectivity index (χ2v) is 4.49. The molecule has 2 rings (SSSR count). The van der Waals surface area contributed by atoms with Crippen LogP contribution in [0.25, 0.3) is 0 Å². The molecule has 2 fully saturated rings. The van der Waals surface area contributed by atoms with Crippen molar-refractivity contribution < 1.29 is 9.84 Å². The number of piperidine rings is 1. The first-order valence-corrected chi connectivity index (χ1v) is 5.45. The van der Waals surface area contributed by atoms with Crippen LogP contribution in [0.4, 0.5) is 0 Å². The molecule has 0 saturated carbocycles. The molecule has 2 N–H and O–H groups in total. The number of rotatable bonds is 1. The third-order valence-corrected chi connectivity index (χ3v) is 3.28. The molecule has 0 bridgehead atoms. The quantitative estimate of drug-likeness (QED) is 0.595. The summed E-state index contributed by atoms with van der Waals surface area (Å²) in [6, 6.07) is 0.299. The second kappa shape index (κ2) is 4.14. The van der Waals surface area contributed by atoms with E-state index >= 15 is 0 Å². The molecule has 0 aromatic heterocycles. The molecule has 0 aromatic rings. The van der Waals surface area contributed by atoms with Gasteiger partial charge in [-0.25, -0.2) is 0 Å². The number of nitrogens with one attached hydrogen (secondary N) is 1. The van der Waals surface area contributed by atoms with Gasteiger partial charge in [-0.2, -0.15) is 0 Å². The zero-order valence-corrected chi connectivity index (χ0v) is 8.83. The second-order valence-electron chi connectivity index (χ2n) is 4.49. The van der Waals surface area contributed by atoms with E-state index in [1.165, 1.54) is 0 Å². The van der Waals surface area contributed by atoms with E-state index in [1.54, 1.807) is 0 Å². The van der Waals surface area contributed by atoms with Crippen LogP contribution < -0.4 is 5.32 Å². The number of hydrogen-bond acceptors (Lipinski definition) is 4. The van der Waals surface area contributed by atoms with E-state index in [2.05, 4.69) is 10.2 Å². The van der Waals surface area contributed by atoms with E-state index in [-0.39, 0.29) is 0 Å². The predicted octanol–water partition coefficient (Wildman–Crippen LogP) is -0.568. The van der Waals surface area contributed by atoms with E-state index < -0.39 is 5.60 Å². The molecular weight excluding hydrogens is 180 g/mol. The van der Waals surface area contributed by atoms with Crippen LogP contribution in [0, 0.1) is 0 Å². The maximum atomic E-state index is 10.2. The molecule has 82 valence electrons. The maximum absolute atomic E-state index is 10.2. The van der Waals surface area contributed by atoms with E-state index in [0.717, 1.165) is 39.3 Å². The molecule has 2 atom stereocenters. The third kappa shape index (κ3) is 2.08. The van der Waals surface area contributed by atoms with Gasteiger partial charge in [-0.1, -0.05) is 0 Å². The summed E-state index contributed by atoms with van der Waals surface area (Å²) in [5.41, 5.74) is -0.588. The van der Waals surface area contributed by atoms with Gasteiger partial charge < -0.3 is 15.2 Å². The number of nitrogens with zero attached hydrogens (tertiary/aromatic N) is 1. The van der Waals surface area contributed by atoms with Gasteiger partial charge in [-0.15, -0.1) is 0 Å². The lowest BCUT2D eigenvalue weighted by Crippen LogP contribution is -2.62. The summed E-state index contributed by atoms with van der Waals surface area (Å²) in [4.78, 5) is 2.37. The van der Waals surface area contributed by atoms with Crippen molar-refractivity contribution in [3.05, 3.63) is 0 Å². The summed E-state index contributed by atoms with van der Waals surface area (Å²) in [5.74, 6) is 0. The molecule has 4 heteroatoms. The largest absolute Gasteiger partial charge is 0.387 e. The van der Waals surface area contributed by atoms with Gasteiger partial charge in [0.1, 0.15) is 0 Å². The SMILES string of the molecule is CC1(O)CNCCC1N1CCOCC1. The van der Waals surface area contributed by atoms with Crippen molar-refractivity contribution in [2.45, 2.75) is 25.0 Å².